The van der Waals surface area contributed by atoms with E-state index in [-0.39, 0.29) is 12.1 Å². The summed E-state index contributed by atoms with van der Waals surface area (Å²) >= 11 is 0. The summed E-state index contributed by atoms with van der Waals surface area (Å²) in [5.74, 6) is -0.263. The Labute approximate surface area is 84.3 Å². The van der Waals surface area contributed by atoms with E-state index in [9.17, 15) is 4.79 Å². The third-order valence-corrected chi connectivity index (χ3v) is 1.67. The van der Waals surface area contributed by atoms with Crippen LogP contribution in [0, 0.1) is 0 Å². The van der Waals surface area contributed by atoms with Crippen LogP contribution in [0.3, 0.4) is 0 Å². The van der Waals surface area contributed by atoms with Gasteiger partial charge in [-0.05, 0) is 18.6 Å². The SMILES string of the molecule is CC(=O)O[C@H]1/C=C\C\C=C/C=C\C=C\1. The van der Waals surface area contributed by atoms with Gasteiger partial charge in [-0.3, -0.25) is 4.79 Å². The van der Waals surface area contributed by atoms with Crippen molar-refractivity contribution in [3.05, 3.63) is 48.6 Å². The van der Waals surface area contributed by atoms with Crippen LogP contribution in [0.4, 0.5) is 0 Å². The fourth-order valence-corrected chi connectivity index (χ4v) is 1.08. The van der Waals surface area contributed by atoms with Crippen LogP contribution < -0.4 is 0 Å². The van der Waals surface area contributed by atoms with E-state index in [0.29, 0.717) is 0 Å². The molecular weight excluding hydrogens is 176 g/mol. The summed E-state index contributed by atoms with van der Waals surface area (Å²) in [5, 5.41) is 0. The van der Waals surface area contributed by atoms with E-state index in [1.165, 1.54) is 6.92 Å². The number of hydrogen-bond acceptors (Lipinski definition) is 2. The summed E-state index contributed by atoms with van der Waals surface area (Å²) in [7, 11) is 0. The summed E-state index contributed by atoms with van der Waals surface area (Å²) in [4.78, 5) is 10.7. The molecule has 0 N–H and O–H groups in total. The molecule has 0 aromatic rings. The molecule has 14 heavy (non-hydrogen) atoms. The molecule has 1 rings (SSSR count). The Morgan fingerprint density at radius 1 is 1.14 bits per heavy atom. The van der Waals surface area contributed by atoms with E-state index in [0.717, 1.165) is 6.42 Å². The quantitative estimate of drug-likeness (QED) is 0.469. The average molecular weight is 190 g/mol. The minimum atomic E-state index is -0.263. The molecule has 1 aliphatic carbocycles. The van der Waals surface area contributed by atoms with Crippen molar-refractivity contribution in [2.24, 2.45) is 0 Å². The first-order valence-electron chi connectivity index (χ1n) is 4.63. The molecular formula is C12H14O2. The third-order valence-electron chi connectivity index (χ3n) is 1.67. The Kier molecular flexibility index (Phi) is 4.48. The lowest BCUT2D eigenvalue weighted by Crippen LogP contribution is -2.10. The zero-order valence-corrected chi connectivity index (χ0v) is 8.22. The smallest absolute Gasteiger partial charge is 0.303 e. The fourth-order valence-electron chi connectivity index (χ4n) is 1.08. The van der Waals surface area contributed by atoms with Crippen LogP contribution in [0.25, 0.3) is 0 Å². The van der Waals surface area contributed by atoms with Crippen LogP contribution in [-0.4, -0.2) is 12.1 Å². The molecule has 2 heteroatoms. The zero-order valence-electron chi connectivity index (χ0n) is 8.22. The minimum Gasteiger partial charge on any atom is -0.454 e. The maximum absolute atomic E-state index is 10.7. The molecule has 0 unspecified atom stereocenters. The van der Waals surface area contributed by atoms with Gasteiger partial charge in [0.2, 0.25) is 0 Å². The first-order valence-corrected chi connectivity index (χ1v) is 4.63. The van der Waals surface area contributed by atoms with Gasteiger partial charge in [0.15, 0.2) is 0 Å². The average Bonchev–Trinajstić information content (AvgIpc) is 2.15. The molecule has 0 saturated heterocycles. The Balaban J connectivity index is 2.64. The van der Waals surface area contributed by atoms with Gasteiger partial charge in [0.25, 0.3) is 0 Å². The van der Waals surface area contributed by atoms with Gasteiger partial charge in [-0.2, -0.15) is 0 Å². The van der Waals surface area contributed by atoms with Gasteiger partial charge in [0.1, 0.15) is 6.10 Å². The predicted octanol–water partition coefficient (Wildman–Crippen LogP) is 2.55. The molecule has 0 amide bonds. The molecule has 1 aliphatic rings. The van der Waals surface area contributed by atoms with Crippen molar-refractivity contribution >= 4 is 5.97 Å². The normalized spacial score (nSPS) is 29.9. The predicted molar refractivity (Wildman–Crippen MR) is 56.7 cm³/mol. The topological polar surface area (TPSA) is 26.3 Å². The lowest BCUT2D eigenvalue weighted by atomic mass is 10.2. The summed E-state index contributed by atoms with van der Waals surface area (Å²) in [6, 6.07) is 0. The molecule has 74 valence electrons. The first-order chi connectivity index (χ1) is 6.79. The Morgan fingerprint density at radius 3 is 2.71 bits per heavy atom. The first kappa shape index (κ1) is 10.5. The molecule has 0 spiro atoms. The maximum Gasteiger partial charge on any atom is 0.303 e. The van der Waals surface area contributed by atoms with Crippen molar-refractivity contribution in [3.8, 4) is 0 Å². The molecule has 0 fully saturated rings. The number of carbonyl (C=O) groups is 1. The second-order valence-electron chi connectivity index (χ2n) is 2.94. The number of hydrogen-bond donors (Lipinski definition) is 0. The third kappa shape index (κ3) is 4.45. The number of carbonyl (C=O) groups excluding carboxylic acids is 1. The van der Waals surface area contributed by atoms with E-state index in [2.05, 4.69) is 0 Å². The number of allylic oxidation sites excluding steroid dienone is 6. The van der Waals surface area contributed by atoms with Gasteiger partial charge >= 0.3 is 5.97 Å². The summed E-state index contributed by atoms with van der Waals surface area (Å²) in [6.45, 7) is 1.41. The Hall–Kier alpha value is -1.57. The van der Waals surface area contributed by atoms with Gasteiger partial charge in [0, 0.05) is 6.92 Å². The highest BCUT2D eigenvalue weighted by Gasteiger charge is 2.02. The van der Waals surface area contributed by atoms with Crippen molar-refractivity contribution in [2.45, 2.75) is 19.4 Å². The second-order valence-corrected chi connectivity index (χ2v) is 2.94. The molecule has 1 atom stereocenters. The lowest BCUT2D eigenvalue weighted by molar-refractivity contribution is -0.142. The molecule has 0 aliphatic heterocycles. The molecule has 0 aromatic heterocycles. The fraction of sp³-hybridized carbons (Fsp3) is 0.250. The van der Waals surface area contributed by atoms with Crippen molar-refractivity contribution in [2.75, 3.05) is 0 Å². The van der Waals surface area contributed by atoms with Crippen LogP contribution in [-0.2, 0) is 9.53 Å². The van der Waals surface area contributed by atoms with Crippen molar-refractivity contribution < 1.29 is 9.53 Å². The molecule has 2 nitrogen and oxygen atoms in total. The molecule has 0 bridgehead atoms. The minimum absolute atomic E-state index is 0.247. The van der Waals surface area contributed by atoms with Crippen LogP contribution in [0.2, 0.25) is 0 Å². The Bertz CT molecular complexity index is 295. The van der Waals surface area contributed by atoms with E-state index in [4.69, 9.17) is 4.74 Å². The van der Waals surface area contributed by atoms with Crippen molar-refractivity contribution in [1.29, 1.82) is 0 Å². The van der Waals surface area contributed by atoms with Crippen LogP contribution in [0.1, 0.15) is 13.3 Å². The number of rotatable bonds is 1. The standard InChI is InChI=1S/C12H14O2/c1-11(13)14-12-9-7-5-3-2-4-6-8-10-12/h2-5,7-10,12H,6H2,1H3/b4-2-,5-3-,9-7+,10-8-/t12-/m1/s1. The summed E-state index contributed by atoms with van der Waals surface area (Å²) < 4.78 is 5.05. The van der Waals surface area contributed by atoms with Gasteiger partial charge in [-0.25, -0.2) is 0 Å². The zero-order chi connectivity index (χ0) is 10.2. The summed E-state index contributed by atoms with van der Waals surface area (Å²) in [5.41, 5.74) is 0. The van der Waals surface area contributed by atoms with E-state index in [1.807, 2.05) is 48.6 Å². The van der Waals surface area contributed by atoms with E-state index < -0.39 is 0 Å². The largest absolute Gasteiger partial charge is 0.454 e. The highest BCUT2D eigenvalue weighted by atomic mass is 16.5. The van der Waals surface area contributed by atoms with Gasteiger partial charge in [-0.15, -0.1) is 0 Å². The van der Waals surface area contributed by atoms with Crippen molar-refractivity contribution in [3.63, 3.8) is 0 Å². The van der Waals surface area contributed by atoms with Crippen LogP contribution >= 0.6 is 0 Å². The molecule has 0 heterocycles. The molecule has 0 saturated carbocycles. The molecule has 0 aromatic carbocycles. The second kappa shape index (κ2) is 5.97. The lowest BCUT2D eigenvalue weighted by Gasteiger charge is -2.07. The summed E-state index contributed by atoms with van der Waals surface area (Å²) in [6.07, 6.45) is 16.1. The number of ether oxygens (including phenoxy) is 1. The van der Waals surface area contributed by atoms with Crippen LogP contribution in [0.15, 0.2) is 48.6 Å². The van der Waals surface area contributed by atoms with E-state index >= 15 is 0 Å². The van der Waals surface area contributed by atoms with Crippen molar-refractivity contribution in [1.82, 2.24) is 0 Å². The maximum atomic E-state index is 10.7. The van der Waals surface area contributed by atoms with Gasteiger partial charge in [0.05, 0.1) is 0 Å². The van der Waals surface area contributed by atoms with Gasteiger partial charge in [-0.1, -0.05) is 36.5 Å². The number of esters is 1. The highest BCUT2D eigenvalue weighted by Crippen LogP contribution is 2.01. The van der Waals surface area contributed by atoms with Gasteiger partial charge < -0.3 is 4.74 Å². The molecule has 0 radical (unpaired) electrons. The highest BCUT2D eigenvalue weighted by molar-refractivity contribution is 5.66. The van der Waals surface area contributed by atoms with E-state index in [1.54, 1.807) is 0 Å². The Morgan fingerprint density at radius 2 is 1.93 bits per heavy atom. The monoisotopic (exact) mass is 190 g/mol. The van der Waals surface area contributed by atoms with Crippen LogP contribution in [0.5, 0.6) is 0 Å².